The molecule has 9 heteroatoms. The van der Waals surface area contributed by atoms with Crippen molar-refractivity contribution < 1.29 is 22.8 Å². The van der Waals surface area contributed by atoms with Crippen LogP contribution in [0.1, 0.15) is 33.5 Å². The Bertz CT molecular complexity index is 1230. The Labute approximate surface area is 198 Å². The van der Waals surface area contributed by atoms with Gasteiger partial charge in [0.1, 0.15) is 0 Å². The molecule has 33 heavy (non-hydrogen) atoms. The summed E-state index contributed by atoms with van der Waals surface area (Å²) in [4.78, 5) is 17.6. The number of carbonyl (C=O) groups is 1. The molecule has 0 saturated heterocycles. The van der Waals surface area contributed by atoms with Crippen molar-refractivity contribution in [2.75, 3.05) is 5.32 Å². The minimum Gasteiger partial charge on any atom is -0.374 e. The summed E-state index contributed by atoms with van der Waals surface area (Å²) in [5.74, 6) is -0.326. The summed E-state index contributed by atoms with van der Waals surface area (Å²) >= 11 is 11.9. The highest BCUT2D eigenvalue weighted by Crippen LogP contribution is 2.49. The second kappa shape index (κ2) is 8.72. The summed E-state index contributed by atoms with van der Waals surface area (Å²) in [7, 11) is 0. The fourth-order valence-corrected chi connectivity index (χ4v) is 4.19. The molecular weight excluding hydrogens is 476 g/mol. The summed E-state index contributed by atoms with van der Waals surface area (Å²) in [5, 5.41) is 6.66. The normalized spacial score (nSPS) is 17.9. The first-order valence-corrected chi connectivity index (χ1v) is 10.6. The van der Waals surface area contributed by atoms with Gasteiger partial charge in [-0.3, -0.25) is 4.79 Å². The number of amides is 1. The van der Waals surface area contributed by atoms with Gasteiger partial charge in [-0.05, 0) is 60.5 Å². The molecule has 1 N–H and O–H groups in total. The van der Waals surface area contributed by atoms with E-state index in [9.17, 15) is 18.0 Å². The highest BCUT2D eigenvalue weighted by molar-refractivity contribution is 6.34. The molecule has 1 heterocycles. The van der Waals surface area contributed by atoms with Crippen LogP contribution in [0.3, 0.4) is 0 Å². The van der Waals surface area contributed by atoms with E-state index in [0.29, 0.717) is 22.4 Å². The first kappa shape index (κ1) is 23.1. The van der Waals surface area contributed by atoms with Crippen molar-refractivity contribution in [1.29, 1.82) is 0 Å². The number of halogens is 5. The third-order valence-corrected chi connectivity index (χ3v) is 5.79. The Morgan fingerprint density at radius 2 is 1.70 bits per heavy atom. The molecule has 4 rings (SSSR count). The van der Waals surface area contributed by atoms with Gasteiger partial charge in [-0.2, -0.15) is 13.2 Å². The van der Waals surface area contributed by atoms with Crippen molar-refractivity contribution in [3.8, 4) is 0 Å². The van der Waals surface area contributed by atoms with E-state index in [1.807, 2.05) is 6.07 Å². The van der Waals surface area contributed by atoms with E-state index in [2.05, 4.69) is 10.5 Å². The van der Waals surface area contributed by atoms with Crippen LogP contribution in [0, 0.1) is 6.92 Å². The van der Waals surface area contributed by atoms with Crippen LogP contribution in [-0.4, -0.2) is 17.8 Å². The fraction of sp³-hybridized carbons (Fsp3) is 0.167. The summed E-state index contributed by atoms with van der Waals surface area (Å²) in [6.07, 6.45) is -5.35. The van der Waals surface area contributed by atoms with Gasteiger partial charge in [0, 0.05) is 33.3 Å². The molecular formula is C24H17Cl2F3N2O2. The monoisotopic (exact) mass is 492 g/mol. The Morgan fingerprint density at radius 1 is 1.03 bits per heavy atom. The van der Waals surface area contributed by atoms with E-state index >= 15 is 0 Å². The molecule has 1 aliphatic rings. The van der Waals surface area contributed by atoms with E-state index in [1.54, 1.807) is 49.4 Å². The maximum absolute atomic E-state index is 14.2. The van der Waals surface area contributed by atoms with Crippen LogP contribution in [-0.2, 0) is 10.4 Å². The highest BCUT2D eigenvalue weighted by Gasteiger charge is 2.62. The lowest BCUT2D eigenvalue weighted by atomic mass is 9.86. The summed E-state index contributed by atoms with van der Waals surface area (Å²) in [6.45, 7) is 1.70. The molecule has 1 aliphatic heterocycles. The van der Waals surface area contributed by atoms with E-state index in [4.69, 9.17) is 28.0 Å². The number of rotatable bonds is 4. The van der Waals surface area contributed by atoms with Crippen LogP contribution < -0.4 is 5.32 Å². The van der Waals surface area contributed by atoms with Crippen molar-refractivity contribution in [2.45, 2.75) is 25.1 Å². The van der Waals surface area contributed by atoms with Crippen molar-refractivity contribution in [1.82, 2.24) is 0 Å². The SMILES string of the molecule is Cc1cc(C2=NOC(c3cc(Cl)cc(Cl)c3)(C(F)(F)F)C2)ccc1C(=O)Nc1ccccc1. The lowest BCUT2D eigenvalue weighted by molar-refractivity contribution is -0.275. The zero-order chi connectivity index (χ0) is 23.8. The lowest BCUT2D eigenvalue weighted by Gasteiger charge is -2.29. The molecule has 170 valence electrons. The summed E-state index contributed by atoms with van der Waals surface area (Å²) < 4.78 is 42.5. The number of para-hydroxylation sites is 1. The van der Waals surface area contributed by atoms with Crippen LogP contribution >= 0.6 is 23.2 Å². The highest BCUT2D eigenvalue weighted by atomic mass is 35.5. The molecule has 4 nitrogen and oxygen atoms in total. The number of oxime groups is 1. The van der Waals surface area contributed by atoms with Gasteiger partial charge in [-0.1, -0.05) is 52.6 Å². The number of hydrogen-bond donors (Lipinski definition) is 1. The number of carbonyl (C=O) groups excluding carboxylic acids is 1. The predicted octanol–water partition coefficient (Wildman–Crippen LogP) is 7.14. The molecule has 0 aliphatic carbocycles. The summed E-state index contributed by atoms with van der Waals surface area (Å²) in [5.41, 5.74) is -0.820. The molecule has 0 bridgehead atoms. The van der Waals surface area contributed by atoms with Crippen LogP contribution in [0.5, 0.6) is 0 Å². The standard InChI is InChI=1S/C24H17Cl2F3N2O2/c1-14-9-15(7-8-20(14)22(32)30-19-5-3-2-4-6-19)21-13-23(33-31-21,24(27,28)29)16-10-17(25)12-18(26)11-16/h2-12H,13H2,1H3,(H,30,32). The maximum Gasteiger partial charge on any atom is 0.435 e. The van der Waals surface area contributed by atoms with Crippen LogP contribution in [0.15, 0.2) is 71.9 Å². The van der Waals surface area contributed by atoms with Crippen molar-refractivity contribution in [3.63, 3.8) is 0 Å². The van der Waals surface area contributed by atoms with Crippen molar-refractivity contribution in [2.24, 2.45) is 5.16 Å². The number of nitrogens with zero attached hydrogens (tertiary/aromatic N) is 1. The third kappa shape index (κ3) is 4.56. The number of anilines is 1. The Kier molecular flexibility index (Phi) is 6.12. The zero-order valence-corrected chi connectivity index (χ0v) is 18.7. The second-order valence-electron chi connectivity index (χ2n) is 7.64. The molecule has 1 unspecified atom stereocenters. The minimum absolute atomic E-state index is 0.0581. The number of hydrogen-bond acceptors (Lipinski definition) is 3. The van der Waals surface area contributed by atoms with E-state index in [1.165, 1.54) is 18.2 Å². The fourth-order valence-electron chi connectivity index (χ4n) is 3.66. The number of aryl methyl sites for hydroxylation is 1. The van der Waals surface area contributed by atoms with E-state index < -0.39 is 18.2 Å². The molecule has 0 aromatic heterocycles. The summed E-state index contributed by atoms with van der Waals surface area (Å²) in [6, 6.07) is 17.3. The molecule has 3 aromatic rings. The lowest BCUT2D eigenvalue weighted by Crippen LogP contribution is -2.42. The van der Waals surface area contributed by atoms with Crippen LogP contribution in [0.2, 0.25) is 10.0 Å². The van der Waals surface area contributed by atoms with Crippen LogP contribution in [0.4, 0.5) is 18.9 Å². The molecule has 3 aromatic carbocycles. The first-order chi connectivity index (χ1) is 15.6. The van der Waals surface area contributed by atoms with E-state index in [-0.39, 0.29) is 27.2 Å². The molecule has 1 amide bonds. The second-order valence-corrected chi connectivity index (χ2v) is 8.51. The number of nitrogens with one attached hydrogen (secondary N) is 1. The maximum atomic E-state index is 14.2. The topological polar surface area (TPSA) is 50.7 Å². The Hall–Kier alpha value is -3.03. The quantitative estimate of drug-likeness (QED) is 0.420. The molecule has 0 saturated carbocycles. The molecule has 0 radical (unpaired) electrons. The van der Waals surface area contributed by atoms with Crippen LogP contribution in [0.25, 0.3) is 0 Å². The van der Waals surface area contributed by atoms with Gasteiger partial charge in [0.2, 0.25) is 0 Å². The average Bonchev–Trinajstić information content (AvgIpc) is 3.21. The molecule has 0 spiro atoms. The van der Waals surface area contributed by atoms with Crippen molar-refractivity contribution in [3.05, 3.63) is 99.0 Å². The number of benzene rings is 3. The van der Waals surface area contributed by atoms with Crippen molar-refractivity contribution >= 4 is 40.5 Å². The van der Waals surface area contributed by atoms with E-state index in [0.717, 1.165) is 0 Å². The largest absolute Gasteiger partial charge is 0.435 e. The molecule has 1 atom stereocenters. The van der Waals surface area contributed by atoms with Gasteiger partial charge in [0.15, 0.2) is 0 Å². The number of alkyl halides is 3. The Morgan fingerprint density at radius 3 is 2.30 bits per heavy atom. The predicted molar refractivity (Wildman–Crippen MR) is 122 cm³/mol. The zero-order valence-electron chi connectivity index (χ0n) is 17.2. The van der Waals surface area contributed by atoms with Gasteiger partial charge in [-0.25, -0.2) is 0 Å². The molecule has 0 fully saturated rings. The first-order valence-electron chi connectivity index (χ1n) is 9.85. The Balaban J connectivity index is 1.61. The smallest absolute Gasteiger partial charge is 0.374 e. The third-order valence-electron chi connectivity index (χ3n) is 5.35. The van der Waals surface area contributed by atoms with Gasteiger partial charge >= 0.3 is 6.18 Å². The van der Waals surface area contributed by atoms with Gasteiger partial charge in [-0.15, -0.1) is 0 Å². The minimum atomic E-state index is -4.78. The van der Waals surface area contributed by atoms with Gasteiger partial charge in [0.05, 0.1) is 5.71 Å². The van der Waals surface area contributed by atoms with Gasteiger partial charge < -0.3 is 10.2 Å². The average molecular weight is 493 g/mol. The van der Waals surface area contributed by atoms with Gasteiger partial charge in [0.25, 0.3) is 11.5 Å².